The molecular formula is C29H32N4O7S. The number of aryl methyl sites for hydroxylation is 1. The molecule has 0 spiro atoms. The van der Waals surface area contributed by atoms with Crippen LogP contribution >= 0.6 is 11.8 Å². The summed E-state index contributed by atoms with van der Waals surface area (Å²) in [5, 5.41) is 33.7. The van der Waals surface area contributed by atoms with Gasteiger partial charge in [-0.1, -0.05) is 6.07 Å². The standard InChI is InChI=1S/C29H32N4O7S/c1-11-5-13-6-15-16(7-30)33-17-8-38-29(36)14(31)9-41-28(20-19(17)27-26(39-10-40-27)12(2)23(20)34)22(33)21(32(15)3)18(13)24(35)25(11)37-4/h5,14-17,21-22,28,34-35H,6,8-10,31H2,1-4H3/t14-,15-,16-,17-,21+,22?,28+/m0/s1. The third-order valence-corrected chi connectivity index (χ3v) is 10.9. The summed E-state index contributed by atoms with van der Waals surface area (Å²) in [5.74, 6) is 1.27. The van der Waals surface area contributed by atoms with Gasteiger partial charge in [0.15, 0.2) is 23.0 Å². The average Bonchev–Trinajstić information content (AvgIpc) is 3.44. The highest BCUT2D eigenvalue weighted by molar-refractivity contribution is 7.99. The molecule has 2 aromatic rings. The van der Waals surface area contributed by atoms with E-state index >= 15 is 0 Å². The summed E-state index contributed by atoms with van der Waals surface area (Å²) in [4.78, 5) is 17.1. The molecule has 7 atom stereocenters. The molecule has 0 saturated carbocycles. The zero-order valence-electron chi connectivity index (χ0n) is 23.2. The molecule has 4 N–H and O–H groups in total. The van der Waals surface area contributed by atoms with Crippen molar-refractivity contribution in [3.63, 3.8) is 0 Å². The van der Waals surface area contributed by atoms with Crippen molar-refractivity contribution in [2.45, 2.75) is 61.8 Å². The Morgan fingerprint density at radius 1 is 1.15 bits per heavy atom. The summed E-state index contributed by atoms with van der Waals surface area (Å²) in [7, 11) is 3.53. The van der Waals surface area contributed by atoms with E-state index in [2.05, 4.69) is 15.9 Å². The predicted molar refractivity (Wildman–Crippen MR) is 148 cm³/mol. The molecule has 12 heteroatoms. The van der Waals surface area contributed by atoms with Gasteiger partial charge in [0.1, 0.15) is 24.4 Å². The second-order valence-electron chi connectivity index (χ2n) is 11.4. The van der Waals surface area contributed by atoms with Gasteiger partial charge in [-0.3, -0.25) is 14.6 Å². The molecular weight excluding hydrogens is 548 g/mol. The first kappa shape index (κ1) is 26.5. The number of nitrogens with two attached hydrogens (primary N) is 1. The van der Waals surface area contributed by atoms with Gasteiger partial charge in [-0.05, 0) is 38.4 Å². The van der Waals surface area contributed by atoms with Crippen LogP contribution in [0.2, 0.25) is 0 Å². The van der Waals surface area contributed by atoms with E-state index in [0.717, 1.165) is 16.7 Å². The second-order valence-corrected chi connectivity index (χ2v) is 12.6. The van der Waals surface area contributed by atoms with Gasteiger partial charge >= 0.3 is 5.97 Å². The van der Waals surface area contributed by atoms with E-state index in [1.54, 1.807) is 14.0 Å². The lowest BCUT2D eigenvalue weighted by Gasteiger charge is -2.61. The summed E-state index contributed by atoms with van der Waals surface area (Å²) < 4.78 is 23.2. The maximum absolute atomic E-state index is 12.8. The smallest absolute Gasteiger partial charge is 0.323 e. The molecule has 216 valence electrons. The zero-order chi connectivity index (χ0) is 28.9. The van der Waals surface area contributed by atoms with Crippen molar-refractivity contribution in [3.05, 3.63) is 39.4 Å². The number of likely N-dealkylation sites (N-methyl/N-ethyl adjacent to an activating group) is 1. The van der Waals surface area contributed by atoms with Crippen LogP contribution in [0.4, 0.5) is 0 Å². The first-order chi connectivity index (χ1) is 19.7. The third-order valence-electron chi connectivity index (χ3n) is 9.47. The quantitative estimate of drug-likeness (QED) is 0.425. The number of carbonyl (C=O) groups excluding carboxylic acids is 1. The van der Waals surface area contributed by atoms with Crippen LogP contribution < -0.4 is 19.9 Å². The van der Waals surface area contributed by atoms with Crippen LogP contribution in [0.3, 0.4) is 0 Å². The maximum atomic E-state index is 12.8. The minimum absolute atomic E-state index is 0.000740. The fourth-order valence-corrected chi connectivity index (χ4v) is 9.16. The molecule has 5 heterocycles. The van der Waals surface area contributed by atoms with Crippen molar-refractivity contribution in [3.8, 4) is 34.8 Å². The maximum Gasteiger partial charge on any atom is 0.323 e. The first-order valence-corrected chi connectivity index (χ1v) is 14.7. The fraction of sp³-hybridized carbons (Fsp3) is 0.517. The van der Waals surface area contributed by atoms with Gasteiger partial charge in [0.05, 0.1) is 30.5 Å². The van der Waals surface area contributed by atoms with Gasteiger partial charge in [-0.15, -0.1) is 11.8 Å². The Morgan fingerprint density at radius 2 is 1.90 bits per heavy atom. The van der Waals surface area contributed by atoms with Crippen molar-refractivity contribution >= 4 is 17.7 Å². The lowest BCUT2D eigenvalue weighted by molar-refractivity contribution is -0.150. The SMILES string of the molecule is COc1c(C)cc2c(c1O)[C@@H]1C3[C@@H]4SC[C@H](N)C(=O)OC[C@@H](c5c6c(c(C)c(O)c54)OCO6)N3[C@@H](C#N)[C@H](C2)N1C. The zero-order valence-corrected chi connectivity index (χ0v) is 24.0. The number of nitriles is 1. The number of piperazine rings is 1. The number of thioether (sulfide) groups is 1. The molecule has 5 aliphatic rings. The molecule has 0 amide bonds. The number of hydrogen-bond acceptors (Lipinski definition) is 12. The van der Waals surface area contributed by atoms with Crippen LogP contribution in [0.25, 0.3) is 0 Å². The third kappa shape index (κ3) is 3.46. The highest BCUT2D eigenvalue weighted by Gasteiger charge is 2.60. The van der Waals surface area contributed by atoms with Crippen LogP contribution in [0.5, 0.6) is 28.7 Å². The van der Waals surface area contributed by atoms with Gasteiger partial charge < -0.3 is 34.9 Å². The summed E-state index contributed by atoms with van der Waals surface area (Å²) >= 11 is 1.45. The molecule has 0 aromatic heterocycles. The molecule has 1 unspecified atom stereocenters. The summed E-state index contributed by atoms with van der Waals surface area (Å²) in [6, 6.07) is 1.56. The molecule has 0 radical (unpaired) electrons. The van der Waals surface area contributed by atoms with Crippen molar-refractivity contribution in [1.29, 1.82) is 5.26 Å². The van der Waals surface area contributed by atoms with E-state index in [0.29, 0.717) is 40.4 Å². The van der Waals surface area contributed by atoms with Crippen molar-refractivity contribution in [1.82, 2.24) is 9.80 Å². The average molecular weight is 581 g/mol. The molecule has 0 aliphatic carbocycles. The Morgan fingerprint density at radius 3 is 2.63 bits per heavy atom. The number of benzene rings is 2. The van der Waals surface area contributed by atoms with E-state index in [9.17, 15) is 20.3 Å². The lowest BCUT2D eigenvalue weighted by atomic mass is 9.71. The molecule has 11 nitrogen and oxygen atoms in total. The number of nitrogens with zero attached hydrogens (tertiary/aromatic N) is 3. The van der Waals surface area contributed by atoms with Crippen molar-refractivity contribution < 1.29 is 34.0 Å². The molecule has 4 bridgehead atoms. The minimum Gasteiger partial charge on any atom is -0.507 e. The number of methoxy groups -OCH3 is 1. The Balaban J connectivity index is 1.54. The topological polar surface area (TPSA) is 151 Å². The van der Waals surface area contributed by atoms with Crippen LogP contribution in [0.15, 0.2) is 6.07 Å². The van der Waals surface area contributed by atoms with Gasteiger partial charge in [-0.25, -0.2) is 0 Å². The number of esters is 1. The number of ether oxygens (including phenoxy) is 4. The number of carbonyl (C=O) groups is 1. The number of phenols is 2. The molecule has 5 aliphatic heterocycles. The van der Waals surface area contributed by atoms with E-state index in [1.807, 2.05) is 20.0 Å². The summed E-state index contributed by atoms with van der Waals surface area (Å²) in [6.07, 6.45) is 0.543. The van der Waals surface area contributed by atoms with Gasteiger partial charge in [0, 0.05) is 40.1 Å². The monoisotopic (exact) mass is 580 g/mol. The molecule has 2 fully saturated rings. The largest absolute Gasteiger partial charge is 0.507 e. The summed E-state index contributed by atoms with van der Waals surface area (Å²) in [6.45, 7) is 3.61. The van der Waals surface area contributed by atoms with E-state index in [-0.39, 0.29) is 42.7 Å². The van der Waals surface area contributed by atoms with Crippen LogP contribution in [-0.4, -0.2) is 83.5 Å². The van der Waals surface area contributed by atoms with Crippen molar-refractivity contribution in [2.24, 2.45) is 5.73 Å². The number of rotatable bonds is 1. The van der Waals surface area contributed by atoms with E-state index < -0.39 is 35.4 Å². The number of phenolic OH excluding ortho intramolecular Hbond substituents is 2. The highest BCUT2D eigenvalue weighted by Crippen LogP contribution is 2.63. The highest BCUT2D eigenvalue weighted by atomic mass is 32.2. The van der Waals surface area contributed by atoms with Gasteiger partial charge in [0.25, 0.3) is 0 Å². The Kier molecular flexibility index (Phi) is 6.03. The number of hydrogen-bond donors (Lipinski definition) is 3. The number of fused-ring (bicyclic) bond motifs is 9. The normalized spacial score (nSPS) is 31.9. The van der Waals surface area contributed by atoms with Crippen molar-refractivity contribution in [2.75, 3.05) is 33.3 Å². The van der Waals surface area contributed by atoms with E-state index in [1.165, 1.54) is 11.8 Å². The van der Waals surface area contributed by atoms with Crippen LogP contribution in [0, 0.1) is 25.2 Å². The molecule has 7 rings (SSSR count). The molecule has 41 heavy (non-hydrogen) atoms. The van der Waals surface area contributed by atoms with Crippen LogP contribution in [-0.2, 0) is 16.0 Å². The predicted octanol–water partition coefficient (Wildman–Crippen LogP) is 2.34. The van der Waals surface area contributed by atoms with Gasteiger partial charge in [-0.2, -0.15) is 5.26 Å². The fourth-order valence-electron chi connectivity index (χ4n) is 7.72. The summed E-state index contributed by atoms with van der Waals surface area (Å²) in [5.41, 5.74) is 10.7. The van der Waals surface area contributed by atoms with Crippen LogP contribution in [0.1, 0.15) is 50.7 Å². The lowest BCUT2D eigenvalue weighted by Crippen LogP contribution is -2.69. The van der Waals surface area contributed by atoms with E-state index in [4.69, 9.17) is 24.7 Å². The molecule has 2 aromatic carbocycles. The second kappa shape index (κ2) is 9.32. The first-order valence-electron chi connectivity index (χ1n) is 13.7. The Bertz CT molecular complexity index is 1530. The number of aromatic hydroxyl groups is 2. The van der Waals surface area contributed by atoms with Gasteiger partial charge in [0.2, 0.25) is 6.79 Å². The Hall–Kier alpha value is -3.37. The number of cyclic esters (lactones) is 1. The Labute approximate surface area is 241 Å². The molecule has 2 saturated heterocycles. The minimum atomic E-state index is -0.857.